The molecule has 0 bridgehead atoms. The van der Waals surface area contributed by atoms with Gasteiger partial charge in [0.05, 0.1) is 6.04 Å². The van der Waals surface area contributed by atoms with Crippen molar-refractivity contribution < 1.29 is 14.3 Å². The van der Waals surface area contributed by atoms with E-state index < -0.39 is 6.10 Å². The highest BCUT2D eigenvalue weighted by Crippen LogP contribution is 2.43. The zero-order chi connectivity index (χ0) is 16.8. The van der Waals surface area contributed by atoms with Crippen LogP contribution in [0, 0.1) is 11.8 Å². The molecule has 1 saturated heterocycles. The Morgan fingerprint density at radius 3 is 2.71 bits per heavy atom. The molecule has 2 fully saturated rings. The van der Waals surface area contributed by atoms with Crippen molar-refractivity contribution in [3.63, 3.8) is 0 Å². The van der Waals surface area contributed by atoms with Crippen molar-refractivity contribution in [1.29, 1.82) is 0 Å². The molecule has 4 rings (SSSR count). The molecule has 0 spiro atoms. The van der Waals surface area contributed by atoms with E-state index in [9.17, 15) is 9.59 Å². The lowest BCUT2D eigenvalue weighted by atomic mass is 10.0. The number of likely N-dealkylation sites (tertiary alicyclic amines) is 1. The second kappa shape index (κ2) is 5.80. The lowest BCUT2D eigenvalue weighted by Gasteiger charge is -2.44. The van der Waals surface area contributed by atoms with Gasteiger partial charge in [-0.2, -0.15) is 0 Å². The molecule has 2 amide bonds. The molecule has 1 unspecified atom stereocenters. The van der Waals surface area contributed by atoms with Gasteiger partial charge in [-0.25, -0.2) is 0 Å². The molecule has 3 aliphatic rings. The highest BCUT2D eigenvalue weighted by molar-refractivity contribution is 5.85. The van der Waals surface area contributed by atoms with E-state index in [1.165, 1.54) is 0 Å². The number of nitrogens with zero attached hydrogens (tertiary/aromatic N) is 2. The van der Waals surface area contributed by atoms with Gasteiger partial charge in [0.15, 0.2) is 6.10 Å². The number of hydrogen-bond acceptors (Lipinski definition) is 3. The lowest BCUT2D eigenvalue weighted by molar-refractivity contribution is -0.149. The Bertz CT molecular complexity index is 643. The molecule has 2 heterocycles. The first kappa shape index (κ1) is 15.5. The number of rotatable bonds is 4. The first-order valence-electron chi connectivity index (χ1n) is 8.88. The van der Waals surface area contributed by atoms with Crippen molar-refractivity contribution in [2.45, 2.75) is 38.3 Å². The minimum absolute atomic E-state index is 0.0150. The Morgan fingerprint density at radius 2 is 2.04 bits per heavy atom. The summed E-state index contributed by atoms with van der Waals surface area (Å²) in [5, 5.41) is 0. The number of amides is 2. The van der Waals surface area contributed by atoms with Crippen molar-refractivity contribution in [2.24, 2.45) is 11.8 Å². The third-order valence-electron chi connectivity index (χ3n) is 5.76. The molecule has 1 saturated carbocycles. The van der Waals surface area contributed by atoms with Crippen molar-refractivity contribution >= 4 is 11.8 Å². The van der Waals surface area contributed by atoms with Crippen LogP contribution in [0.1, 0.15) is 25.3 Å². The molecule has 0 N–H and O–H groups in total. The topological polar surface area (TPSA) is 49.9 Å². The van der Waals surface area contributed by atoms with E-state index in [0.29, 0.717) is 25.4 Å². The van der Waals surface area contributed by atoms with Crippen LogP contribution in [0.5, 0.6) is 5.75 Å². The monoisotopic (exact) mass is 328 g/mol. The molecule has 5 heteroatoms. The van der Waals surface area contributed by atoms with Gasteiger partial charge in [-0.3, -0.25) is 9.59 Å². The number of fused-ring (bicyclic) bond motifs is 1. The van der Waals surface area contributed by atoms with Crippen molar-refractivity contribution in [3.8, 4) is 5.75 Å². The summed E-state index contributed by atoms with van der Waals surface area (Å²) >= 11 is 0. The average Bonchev–Trinajstić information content (AvgIpc) is 3.22. The van der Waals surface area contributed by atoms with Gasteiger partial charge in [0, 0.05) is 32.5 Å². The average molecular weight is 328 g/mol. The predicted octanol–water partition coefficient (Wildman–Crippen LogP) is 1.71. The quantitative estimate of drug-likeness (QED) is 0.845. The van der Waals surface area contributed by atoms with Crippen LogP contribution in [0.4, 0.5) is 0 Å². The van der Waals surface area contributed by atoms with Gasteiger partial charge in [-0.15, -0.1) is 0 Å². The van der Waals surface area contributed by atoms with Gasteiger partial charge < -0.3 is 14.5 Å². The first-order valence-corrected chi connectivity index (χ1v) is 8.88. The summed E-state index contributed by atoms with van der Waals surface area (Å²) in [7, 11) is 1.83. The summed E-state index contributed by atoms with van der Waals surface area (Å²) in [6, 6.07) is 7.92. The van der Waals surface area contributed by atoms with E-state index in [1.54, 1.807) is 4.90 Å². The number of carbonyl (C=O) groups is 2. The zero-order valence-electron chi connectivity index (χ0n) is 14.3. The fraction of sp³-hybridized carbons (Fsp3) is 0.579. The summed E-state index contributed by atoms with van der Waals surface area (Å²) in [6.45, 7) is 3.46. The van der Waals surface area contributed by atoms with Crippen molar-refractivity contribution in [2.75, 3.05) is 20.1 Å². The Kier molecular flexibility index (Phi) is 3.74. The number of ether oxygens (including phenoxy) is 1. The van der Waals surface area contributed by atoms with E-state index >= 15 is 0 Å². The van der Waals surface area contributed by atoms with E-state index in [2.05, 4.69) is 6.92 Å². The number of likely N-dealkylation sites (N-methyl/N-ethyl adjacent to an activating group) is 1. The van der Waals surface area contributed by atoms with E-state index in [4.69, 9.17) is 4.74 Å². The Hall–Kier alpha value is -2.04. The summed E-state index contributed by atoms with van der Waals surface area (Å²) in [6.07, 6.45) is 2.34. The van der Waals surface area contributed by atoms with Crippen LogP contribution in [0.3, 0.4) is 0 Å². The molecule has 3 atom stereocenters. The van der Waals surface area contributed by atoms with Crippen LogP contribution >= 0.6 is 0 Å². The van der Waals surface area contributed by atoms with Crippen LogP contribution in [0.25, 0.3) is 0 Å². The standard InChI is InChI=1S/C19H24N2O3/c1-3-12-8-15(12)18(22)21-10-14(11-21)20(2)19(23)17-9-13-6-4-5-7-16(13)24-17/h4-7,12,14-15,17H,3,8-11H2,1-2H3/t12-,15-,17?/m1/s1. The van der Waals surface area contributed by atoms with Crippen LogP contribution in [-0.4, -0.2) is 53.9 Å². The first-order chi connectivity index (χ1) is 11.6. The fourth-order valence-corrected chi connectivity index (χ4v) is 3.84. The molecule has 0 radical (unpaired) electrons. The number of carbonyl (C=O) groups excluding carboxylic acids is 2. The second-order valence-electron chi connectivity index (χ2n) is 7.28. The molecule has 1 aliphatic carbocycles. The van der Waals surface area contributed by atoms with Crippen LogP contribution < -0.4 is 4.74 Å². The van der Waals surface area contributed by atoms with E-state index in [1.807, 2.05) is 36.2 Å². The predicted molar refractivity (Wildman–Crippen MR) is 89.6 cm³/mol. The Balaban J connectivity index is 1.29. The molecule has 2 aliphatic heterocycles. The molecule has 1 aromatic rings. The third-order valence-corrected chi connectivity index (χ3v) is 5.76. The number of hydrogen-bond donors (Lipinski definition) is 0. The molecule has 5 nitrogen and oxygen atoms in total. The second-order valence-corrected chi connectivity index (χ2v) is 7.28. The van der Waals surface area contributed by atoms with Gasteiger partial charge in [0.2, 0.25) is 5.91 Å². The maximum Gasteiger partial charge on any atom is 0.264 e. The summed E-state index contributed by atoms with van der Waals surface area (Å²) in [5.41, 5.74) is 1.09. The maximum absolute atomic E-state index is 12.7. The number of para-hydroxylation sites is 1. The van der Waals surface area contributed by atoms with Gasteiger partial charge in [-0.1, -0.05) is 31.5 Å². The normalized spacial score (nSPS) is 27.9. The van der Waals surface area contributed by atoms with Gasteiger partial charge in [-0.05, 0) is 24.0 Å². The summed E-state index contributed by atoms with van der Waals surface area (Å²) < 4.78 is 5.79. The van der Waals surface area contributed by atoms with Gasteiger partial charge in [0.25, 0.3) is 5.91 Å². The highest BCUT2D eigenvalue weighted by Gasteiger charge is 2.47. The smallest absolute Gasteiger partial charge is 0.264 e. The van der Waals surface area contributed by atoms with Crippen molar-refractivity contribution in [1.82, 2.24) is 9.80 Å². The fourth-order valence-electron chi connectivity index (χ4n) is 3.84. The van der Waals surface area contributed by atoms with Crippen LogP contribution in [0.15, 0.2) is 24.3 Å². The molecule has 24 heavy (non-hydrogen) atoms. The summed E-state index contributed by atoms with van der Waals surface area (Å²) in [5.74, 6) is 1.93. The third kappa shape index (κ3) is 2.56. The molecule has 0 aromatic heterocycles. The minimum atomic E-state index is -0.426. The van der Waals surface area contributed by atoms with Crippen LogP contribution in [-0.2, 0) is 16.0 Å². The van der Waals surface area contributed by atoms with E-state index in [-0.39, 0.29) is 23.8 Å². The van der Waals surface area contributed by atoms with Gasteiger partial charge in [0.1, 0.15) is 5.75 Å². The summed E-state index contributed by atoms with van der Waals surface area (Å²) in [4.78, 5) is 28.6. The molecular weight excluding hydrogens is 304 g/mol. The molecular formula is C19H24N2O3. The van der Waals surface area contributed by atoms with Gasteiger partial charge >= 0.3 is 0 Å². The Labute approximate surface area is 142 Å². The molecule has 1 aromatic carbocycles. The minimum Gasteiger partial charge on any atom is -0.480 e. The maximum atomic E-state index is 12.7. The zero-order valence-corrected chi connectivity index (χ0v) is 14.3. The van der Waals surface area contributed by atoms with Crippen molar-refractivity contribution in [3.05, 3.63) is 29.8 Å². The largest absolute Gasteiger partial charge is 0.480 e. The van der Waals surface area contributed by atoms with E-state index in [0.717, 1.165) is 24.2 Å². The Morgan fingerprint density at radius 1 is 1.29 bits per heavy atom. The lowest BCUT2D eigenvalue weighted by Crippen LogP contribution is -2.63. The number of benzene rings is 1. The van der Waals surface area contributed by atoms with Crippen LogP contribution in [0.2, 0.25) is 0 Å². The SMILES string of the molecule is CC[C@@H]1C[C@H]1C(=O)N1CC(N(C)C(=O)C2Cc3ccccc3O2)C1. The highest BCUT2D eigenvalue weighted by atomic mass is 16.5. The molecule has 128 valence electrons.